The minimum absolute atomic E-state index is 0.122. The van der Waals surface area contributed by atoms with Gasteiger partial charge in [-0.2, -0.15) is 0 Å². The van der Waals surface area contributed by atoms with E-state index in [9.17, 15) is 18.0 Å². The first kappa shape index (κ1) is 23.0. The summed E-state index contributed by atoms with van der Waals surface area (Å²) in [6.45, 7) is 3.75. The monoisotopic (exact) mass is 483 g/mol. The maximum atomic E-state index is 13.9. The van der Waals surface area contributed by atoms with Crippen LogP contribution in [0.25, 0.3) is 11.8 Å². The number of morpholine rings is 1. The van der Waals surface area contributed by atoms with Crippen molar-refractivity contribution in [3.63, 3.8) is 0 Å². The molecule has 2 fully saturated rings. The zero-order chi connectivity index (χ0) is 24.9. The SMILES string of the molecule is COc1cc(C=C2OC(C)[C@H]3CCC(c4cc(F)c(F)c(F)c4)N3C2=O)ccc1-n1cnc(C)c1. The van der Waals surface area contributed by atoms with E-state index in [1.807, 2.05) is 36.7 Å². The number of nitrogens with zero attached hydrogens (tertiary/aromatic N) is 3. The number of hydrogen-bond donors (Lipinski definition) is 0. The summed E-state index contributed by atoms with van der Waals surface area (Å²) in [4.78, 5) is 19.3. The van der Waals surface area contributed by atoms with Crippen molar-refractivity contribution in [3.8, 4) is 11.4 Å². The molecule has 2 aliphatic heterocycles. The number of halogens is 3. The summed E-state index contributed by atoms with van der Waals surface area (Å²) in [5, 5.41) is 0. The molecule has 0 spiro atoms. The number of methoxy groups -OCH3 is 1. The molecule has 3 atom stereocenters. The van der Waals surface area contributed by atoms with Gasteiger partial charge in [0, 0.05) is 6.20 Å². The molecule has 1 amide bonds. The van der Waals surface area contributed by atoms with Gasteiger partial charge < -0.3 is 18.9 Å². The second-order valence-electron chi connectivity index (χ2n) is 8.86. The second kappa shape index (κ2) is 8.79. The van der Waals surface area contributed by atoms with Crippen molar-refractivity contribution < 1.29 is 27.4 Å². The molecule has 0 saturated carbocycles. The summed E-state index contributed by atoms with van der Waals surface area (Å²) in [5.74, 6) is -3.73. The van der Waals surface area contributed by atoms with Gasteiger partial charge in [-0.1, -0.05) is 6.07 Å². The van der Waals surface area contributed by atoms with E-state index in [1.165, 1.54) is 0 Å². The third kappa shape index (κ3) is 4.05. The van der Waals surface area contributed by atoms with E-state index in [0.717, 1.165) is 23.5 Å². The number of benzene rings is 2. The van der Waals surface area contributed by atoms with Crippen LogP contribution in [0.15, 0.2) is 48.6 Å². The van der Waals surface area contributed by atoms with Crippen LogP contribution in [0.1, 0.15) is 42.6 Å². The first-order chi connectivity index (χ1) is 16.8. The Morgan fingerprint density at radius 3 is 2.54 bits per heavy atom. The van der Waals surface area contributed by atoms with Gasteiger partial charge in [-0.3, -0.25) is 4.79 Å². The summed E-state index contributed by atoms with van der Waals surface area (Å²) >= 11 is 0. The topological polar surface area (TPSA) is 56.6 Å². The van der Waals surface area contributed by atoms with E-state index in [4.69, 9.17) is 9.47 Å². The molecule has 0 radical (unpaired) electrons. The first-order valence-electron chi connectivity index (χ1n) is 11.3. The molecular formula is C26H24F3N3O3. The number of aryl methyl sites for hydroxylation is 1. The predicted molar refractivity (Wildman–Crippen MR) is 122 cm³/mol. The number of hydrogen-bond acceptors (Lipinski definition) is 4. The number of rotatable bonds is 4. The fraction of sp³-hybridized carbons (Fsp3) is 0.308. The smallest absolute Gasteiger partial charge is 0.289 e. The summed E-state index contributed by atoms with van der Waals surface area (Å²) in [7, 11) is 1.56. The number of carbonyl (C=O) groups excluding carboxylic acids is 1. The molecule has 3 heterocycles. The van der Waals surface area contributed by atoms with Crippen LogP contribution >= 0.6 is 0 Å². The number of imidazole rings is 1. The zero-order valence-corrected chi connectivity index (χ0v) is 19.5. The van der Waals surface area contributed by atoms with Crippen molar-refractivity contribution >= 4 is 12.0 Å². The average molecular weight is 483 g/mol. The highest BCUT2D eigenvalue weighted by Gasteiger charge is 2.46. The number of fused-ring (bicyclic) bond motifs is 1. The van der Waals surface area contributed by atoms with E-state index >= 15 is 0 Å². The quantitative estimate of drug-likeness (QED) is 0.383. The molecule has 0 bridgehead atoms. The van der Waals surface area contributed by atoms with Gasteiger partial charge in [0.2, 0.25) is 0 Å². The van der Waals surface area contributed by atoms with Crippen LogP contribution in [0.4, 0.5) is 13.2 Å². The Balaban J connectivity index is 1.48. The van der Waals surface area contributed by atoms with Crippen LogP contribution in [0.3, 0.4) is 0 Å². The van der Waals surface area contributed by atoms with Gasteiger partial charge in [0.15, 0.2) is 23.2 Å². The van der Waals surface area contributed by atoms with Gasteiger partial charge >= 0.3 is 0 Å². The van der Waals surface area contributed by atoms with Gasteiger partial charge in [-0.15, -0.1) is 0 Å². The lowest BCUT2D eigenvalue weighted by molar-refractivity contribution is -0.144. The van der Waals surface area contributed by atoms with Crippen molar-refractivity contribution in [2.45, 2.75) is 44.9 Å². The largest absolute Gasteiger partial charge is 0.495 e. The normalized spacial score (nSPS) is 22.9. The summed E-state index contributed by atoms with van der Waals surface area (Å²) in [6.07, 6.45) is 5.97. The molecule has 182 valence electrons. The fourth-order valence-electron chi connectivity index (χ4n) is 4.94. The molecule has 2 saturated heterocycles. The van der Waals surface area contributed by atoms with Crippen molar-refractivity contribution in [1.82, 2.24) is 14.5 Å². The fourth-order valence-corrected chi connectivity index (χ4v) is 4.94. The molecule has 0 N–H and O–H groups in total. The molecule has 5 rings (SSSR count). The number of ether oxygens (including phenoxy) is 2. The molecule has 6 nitrogen and oxygen atoms in total. The lowest BCUT2D eigenvalue weighted by Crippen LogP contribution is -2.49. The number of carbonyl (C=O) groups is 1. The Morgan fingerprint density at radius 2 is 1.89 bits per heavy atom. The van der Waals surface area contributed by atoms with E-state index in [2.05, 4.69) is 4.98 Å². The van der Waals surface area contributed by atoms with Crippen LogP contribution in [0.2, 0.25) is 0 Å². The first-order valence-corrected chi connectivity index (χ1v) is 11.3. The number of amides is 1. The molecule has 35 heavy (non-hydrogen) atoms. The van der Waals surface area contributed by atoms with E-state index < -0.39 is 23.5 Å². The Bertz CT molecular complexity index is 1310. The van der Waals surface area contributed by atoms with Crippen LogP contribution in [-0.4, -0.2) is 39.6 Å². The zero-order valence-electron chi connectivity index (χ0n) is 19.5. The van der Waals surface area contributed by atoms with Gasteiger partial charge in [0.1, 0.15) is 11.9 Å². The third-order valence-corrected chi connectivity index (χ3v) is 6.61. The summed E-state index contributed by atoms with van der Waals surface area (Å²) < 4.78 is 54.7. The molecule has 1 aromatic heterocycles. The lowest BCUT2D eigenvalue weighted by Gasteiger charge is -2.39. The molecule has 0 aliphatic carbocycles. The van der Waals surface area contributed by atoms with Crippen LogP contribution in [-0.2, 0) is 9.53 Å². The van der Waals surface area contributed by atoms with E-state index in [0.29, 0.717) is 24.2 Å². The van der Waals surface area contributed by atoms with E-state index in [1.54, 1.807) is 30.5 Å². The van der Waals surface area contributed by atoms with Gasteiger partial charge in [-0.25, -0.2) is 18.2 Å². The van der Waals surface area contributed by atoms with Gasteiger partial charge in [0.05, 0.1) is 36.9 Å². The minimum Gasteiger partial charge on any atom is -0.495 e. The van der Waals surface area contributed by atoms with E-state index in [-0.39, 0.29) is 29.4 Å². The number of aromatic nitrogens is 2. The molecule has 2 unspecified atom stereocenters. The molecule has 2 aliphatic rings. The van der Waals surface area contributed by atoms with Crippen LogP contribution < -0.4 is 4.74 Å². The Kier molecular flexibility index (Phi) is 5.78. The molecule has 2 aromatic carbocycles. The molecule has 9 heteroatoms. The average Bonchev–Trinajstić information content (AvgIpc) is 3.47. The maximum Gasteiger partial charge on any atom is 0.289 e. The highest BCUT2D eigenvalue weighted by molar-refractivity contribution is 5.97. The molecular weight excluding hydrogens is 459 g/mol. The van der Waals surface area contributed by atoms with Crippen LogP contribution in [0, 0.1) is 24.4 Å². The summed E-state index contributed by atoms with van der Waals surface area (Å²) in [6, 6.07) is 6.58. The van der Waals surface area contributed by atoms with Crippen molar-refractivity contribution in [2.24, 2.45) is 0 Å². The Morgan fingerprint density at radius 1 is 1.14 bits per heavy atom. The third-order valence-electron chi connectivity index (χ3n) is 6.61. The Labute approximate surface area is 200 Å². The Hall–Kier alpha value is -3.75. The van der Waals surface area contributed by atoms with Crippen molar-refractivity contribution in [2.75, 3.05) is 7.11 Å². The van der Waals surface area contributed by atoms with Crippen LogP contribution in [0.5, 0.6) is 5.75 Å². The standard InChI is InChI=1S/C26H24F3N3O3/c1-14-12-31(13-30-14)22-5-4-16(8-23(22)34-3)9-24-26(33)32-20(15(2)35-24)6-7-21(32)17-10-18(27)25(29)19(28)11-17/h4-5,8-13,15,20-21H,6-7H2,1-3H3/t15?,20-,21?/m1/s1. The van der Waals surface area contributed by atoms with Gasteiger partial charge in [0.25, 0.3) is 5.91 Å². The minimum atomic E-state index is -1.52. The lowest BCUT2D eigenvalue weighted by atomic mass is 10.0. The highest BCUT2D eigenvalue weighted by atomic mass is 19.2. The highest BCUT2D eigenvalue weighted by Crippen LogP contribution is 2.43. The predicted octanol–water partition coefficient (Wildman–Crippen LogP) is 5.10. The van der Waals surface area contributed by atoms with Gasteiger partial charge in [-0.05, 0) is 68.2 Å². The van der Waals surface area contributed by atoms with Crippen molar-refractivity contribution in [3.05, 3.63) is 82.9 Å². The second-order valence-corrected chi connectivity index (χ2v) is 8.86. The maximum absolute atomic E-state index is 13.9. The van der Waals surface area contributed by atoms with Crippen molar-refractivity contribution in [1.29, 1.82) is 0 Å². The summed E-state index contributed by atoms with van der Waals surface area (Å²) in [5.41, 5.74) is 2.57. The molecule has 3 aromatic rings.